The maximum Gasteiger partial charge on any atom is 0.0577 e. The number of rotatable bonds is 1. The first kappa shape index (κ1) is 7.56. The average Bonchev–Trinajstić information content (AvgIpc) is 2.43. The van der Waals surface area contributed by atoms with E-state index in [-0.39, 0.29) is 0 Å². The van der Waals surface area contributed by atoms with Crippen LogP contribution in [0.3, 0.4) is 0 Å². The largest absolute Gasteiger partial charge is 0.381 e. The van der Waals surface area contributed by atoms with Crippen LogP contribution in [0.1, 0.15) is 12.8 Å². The van der Waals surface area contributed by atoms with Gasteiger partial charge in [-0.15, -0.1) is 0 Å². The fraction of sp³-hybridized carbons (Fsp3) is 1.00. The van der Waals surface area contributed by atoms with Gasteiger partial charge in [-0.1, -0.05) is 0 Å². The first-order valence-electron chi connectivity index (χ1n) is 4.51. The Hall–Kier alpha value is -0.0800. The zero-order valence-corrected chi connectivity index (χ0v) is 7.42. The summed E-state index contributed by atoms with van der Waals surface area (Å²) in [4.78, 5) is 2.45. The van der Waals surface area contributed by atoms with E-state index in [1.165, 1.54) is 25.9 Å². The van der Waals surface area contributed by atoms with Crippen molar-refractivity contribution in [1.82, 2.24) is 4.90 Å². The van der Waals surface area contributed by atoms with Crippen molar-refractivity contribution in [2.75, 3.05) is 27.2 Å². The molecule has 1 saturated heterocycles. The third-order valence-corrected chi connectivity index (χ3v) is 3.22. The Labute approximate surface area is 68.5 Å². The smallest absolute Gasteiger partial charge is 0.0577 e. The molecule has 2 fully saturated rings. The number of methoxy groups -OCH3 is 1. The van der Waals surface area contributed by atoms with Crippen LogP contribution < -0.4 is 0 Å². The second-order valence-corrected chi connectivity index (χ2v) is 4.07. The molecule has 11 heavy (non-hydrogen) atoms. The molecule has 0 radical (unpaired) electrons. The highest BCUT2D eigenvalue weighted by molar-refractivity contribution is 4.91. The molecular formula is C9H17NO. The third kappa shape index (κ3) is 1.30. The lowest BCUT2D eigenvalue weighted by atomic mass is 10.0. The molecule has 1 saturated carbocycles. The van der Waals surface area contributed by atoms with Crippen molar-refractivity contribution in [3.05, 3.63) is 0 Å². The summed E-state index contributed by atoms with van der Waals surface area (Å²) in [5.74, 6) is 1.87. The standard InChI is InChI=1S/C9H17NO/c1-10-5-7-3-9(11-2)4-8(7)6-10/h7-9H,3-6H2,1-2H3/t7-,8+,9+. The van der Waals surface area contributed by atoms with Crippen LogP contribution in [0.2, 0.25) is 0 Å². The highest BCUT2D eigenvalue weighted by Crippen LogP contribution is 2.38. The Morgan fingerprint density at radius 3 is 2.18 bits per heavy atom. The van der Waals surface area contributed by atoms with Crippen LogP contribution in [-0.2, 0) is 4.74 Å². The first-order valence-corrected chi connectivity index (χ1v) is 4.51. The zero-order valence-electron chi connectivity index (χ0n) is 7.42. The van der Waals surface area contributed by atoms with Gasteiger partial charge >= 0.3 is 0 Å². The topological polar surface area (TPSA) is 12.5 Å². The lowest BCUT2D eigenvalue weighted by molar-refractivity contribution is 0.0981. The molecule has 0 amide bonds. The number of fused-ring (bicyclic) bond motifs is 1. The number of ether oxygens (including phenoxy) is 1. The van der Waals surface area contributed by atoms with E-state index in [0.29, 0.717) is 6.10 Å². The van der Waals surface area contributed by atoms with Crippen molar-refractivity contribution in [2.24, 2.45) is 11.8 Å². The molecule has 0 aromatic carbocycles. The quantitative estimate of drug-likeness (QED) is 0.559. The molecule has 0 unspecified atom stereocenters. The van der Waals surface area contributed by atoms with Crippen LogP contribution >= 0.6 is 0 Å². The minimum atomic E-state index is 0.568. The van der Waals surface area contributed by atoms with Gasteiger partial charge in [0.2, 0.25) is 0 Å². The van der Waals surface area contributed by atoms with Crippen LogP contribution in [-0.4, -0.2) is 38.3 Å². The van der Waals surface area contributed by atoms with Crippen molar-refractivity contribution in [1.29, 1.82) is 0 Å². The Bertz CT molecular complexity index is 134. The number of hydrogen-bond acceptors (Lipinski definition) is 2. The summed E-state index contributed by atoms with van der Waals surface area (Å²) in [5, 5.41) is 0. The van der Waals surface area contributed by atoms with E-state index >= 15 is 0 Å². The van der Waals surface area contributed by atoms with Gasteiger partial charge in [0, 0.05) is 20.2 Å². The van der Waals surface area contributed by atoms with E-state index in [0.717, 1.165) is 11.8 Å². The minimum Gasteiger partial charge on any atom is -0.381 e. The molecule has 1 heterocycles. The molecule has 0 aromatic rings. The van der Waals surface area contributed by atoms with E-state index in [1.54, 1.807) is 0 Å². The van der Waals surface area contributed by atoms with Crippen molar-refractivity contribution >= 4 is 0 Å². The van der Waals surface area contributed by atoms with E-state index < -0.39 is 0 Å². The number of hydrogen-bond donors (Lipinski definition) is 0. The summed E-state index contributed by atoms with van der Waals surface area (Å²) in [6.07, 6.45) is 3.16. The summed E-state index contributed by atoms with van der Waals surface area (Å²) in [6, 6.07) is 0. The lowest BCUT2D eigenvalue weighted by Crippen LogP contribution is -2.18. The Balaban J connectivity index is 1.93. The van der Waals surface area contributed by atoms with Crippen molar-refractivity contribution in [3.63, 3.8) is 0 Å². The van der Waals surface area contributed by atoms with Crippen LogP contribution in [0.25, 0.3) is 0 Å². The van der Waals surface area contributed by atoms with Crippen LogP contribution in [0.4, 0.5) is 0 Å². The molecule has 0 aromatic heterocycles. The summed E-state index contributed by atoms with van der Waals surface area (Å²) in [6.45, 7) is 2.59. The second kappa shape index (κ2) is 2.76. The summed E-state index contributed by atoms with van der Waals surface area (Å²) in [7, 11) is 4.07. The second-order valence-electron chi connectivity index (χ2n) is 4.07. The molecule has 0 N–H and O–H groups in total. The average molecular weight is 155 g/mol. The molecular weight excluding hydrogens is 138 g/mol. The van der Waals surface area contributed by atoms with Gasteiger partial charge in [-0.05, 0) is 31.7 Å². The monoisotopic (exact) mass is 155 g/mol. The highest BCUT2D eigenvalue weighted by Gasteiger charge is 2.39. The maximum atomic E-state index is 5.36. The van der Waals surface area contributed by atoms with Gasteiger partial charge in [0.15, 0.2) is 0 Å². The molecule has 1 aliphatic carbocycles. The Kier molecular flexibility index (Phi) is 1.90. The molecule has 3 atom stereocenters. The Morgan fingerprint density at radius 1 is 1.18 bits per heavy atom. The molecule has 2 aliphatic rings. The van der Waals surface area contributed by atoms with Gasteiger partial charge in [-0.25, -0.2) is 0 Å². The molecule has 2 rings (SSSR count). The van der Waals surface area contributed by atoms with Gasteiger partial charge in [-0.2, -0.15) is 0 Å². The fourth-order valence-electron chi connectivity index (χ4n) is 2.67. The molecule has 1 aliphatic heterocycles. The van der Waals surface area contributed by atoms with Crippen LogP contribution in [0.15, 0.2) is 0 Å². The molecule has 2 nitrogen and oxygen atoms in total. The van der Waals surface area contributed by atoms with Gasteiger partial charge in [-0.3, -0.25) is 0 Å². The third-order valence-electron chi connectivity index (χ3n) is 3.22. The van der Waals surface area contributed by atoms with E-state index in [1.807, 2.05) is 7.11 Å². The van der Waals surface area contributed by atoms with Gasteiger partial charge in [0.25, 0.3) is 0 Å². The number of likely N-dealkylation sites (tertiary alicyclic amines) is 1. The summed E-state index contributed by atoms with van der Waals surface area (Å²) < 4.78 is 5.36. The minimum absolute atomic E-state index is 0.568. The van der Waals surface area contributed by atoms with E-state index in [9.17, 15) is 0 Å². The van der Waals surface area contributed by atoms with Crippen LogP contribution in [0.5, 0.6) is 0 Å². The maximum absolute atomic E-state index is 5.36. The molecule has 0 bridgehead atoms. The van der Waals surface area contributed by atoms with Crippen molar-refractivity contribution in [2.45, 2.75) is 18.9 Å². The van der Waals surface area contributed by atoms with Gasteiger partial charge in [0.1, 0.15) is 0 Å². The first-order chi connectivity index (χ1) is 5.29. The summed E-state index contributed by atoms with van der Waals surface area (Å²) >= 11 is 0. The molecule has 64 valence electrons. The predicted octanol–water partition coefficient (Wildman–Crippen LogP) is 0.973. The van der Waals surface area contributed by atoms with Crippen molar-refractivity contribution in [3.8, 4) is 0 Å². The van der Waals surface area contributed by atoms with E-state index in [4.69, 9.17) is 4.74 Å². The summed E-state index contributed by atoms with van der Waals surface area (Å²) in [5.41, 5.74) is 0. The van der Waals surface area contributed by atoms with E-state index in [2.05, 4.69) is 11.9 Å². The highest BCUT2D eigenvalue weighted by atomic mass is 16.5. The van der Waals surface area contributed by atoms with Crippen molar-refractivity contribution < 1.29 is 4.74 Å². The lowest BCUT2D eigenvalue weighted by Gasteiger charge is -2.12. The fourth-order valence-corrected chi connectivity index (χ4v) is 2.67. The Morgan fingerprint density at radius 2 is 1.73 bits per heavy atom. The van der Waals surface area contributed by atoms with Crippen LogP contribution in [0, 0.1) is 11.8 Å². The number of nitrogens with zero attached hydrogens (tertiary/aromatic N) is 1. The predicted molar refractivity (Wildman–Crippen MR) is 44.5 cm³/mol. The molecule has 2 heteroatoms. The SMILES string of the molecule is CO[C@H]1C[C@@H]2CN(C)C[C@@H]2C1. The van der Waals surface area contributed by atoms with Gasteiger partial charge < -0.3 is 9.64 Å². The zero-order chi connectivity index (χ0) is 7.84. The normalized spacial score (nSPS) is 44.7. The van der Waals surface area contributed by atoms with Gasteiger partial charge in [0.05, 0.1) is 6.10 Å². The molecule has 0 spiro atoms.